The van der Waals surface area contributed by atoms with Gasteiger partial charge in [-0.25, -0.2) is 0 Å². The lowest BCUT2D eigenvalue weighted by molar-refractivity contribution is 0.199. The van der Waals surface area contributed by atoms with Gasteiger partial charge < -0.3 is 10.1 Å². The Morgan fingerprint density at radius 2 is 2.14 bits per heavy atom. The van der Waals surface area contributed by atoms with E-state index in [1.54, 1.807) is 7.11 Å². The van der Waals surface area contributed by atoms with E-state index in [1.807, 2.05) is 11.3 Å². The van der Waals surface area contributed by atoms with Crippen molar-refractivity contribution < 1.29 is 4.74 Å². The molecule has 0 amide bonds. The molecule has 0 aliphatic heterocycles. The topological polar surface area (TPSA) is 21.3 Å². The monoisotopic (exact) mass is 431 g/mol. The number of ether oxygens (including phenoxy) is 1. The van der Waals surface area contributed by atoms with Crippen molar-refractivity contribution in [2.24, 2.45) is 0 Å². The molecule has 0 aliphatic rings. The van der Waals surface area contributed by atoms with Gasteiger partial charge >= 0.3 is 0 Å². The minimum Gasteiger partial charge on any atom is -0.383 e. The van der Waals surface area contributed by atoms with Crippen molar-refractivity contribution in [1.29, 1.82) is 0 Å². The molecule has 0 spiro atoms. The minimum atomic E-state index is 0.453. The zero-order valence-corrected chi connectivity index (χ0v) is 15.9. The van der Waals surface area contributed by atoms with Crippen molar-refractivity contribution in [1.82, 2.24) is 5.32 Å². The van der Waals surface area contributed by atoms with E-state index in [4.69, 9.17) is 4.74 Å². The van der Waals surface area contributed by atoms with E-state index in [1.165, 1.54) is 14.9 Å². The summed E-state index contributed by atoms with van der Waals surface area (Å²) in [5.74, 6) is 0.453. The summed E-state index contributed by atoms with van der Waals surface area (Å²) in [6, 6.07) is 10.7. The van der Waals surface area contributed by atoms with Gasteiger partial charge in [-0.1, -0.05) is 28.1 Å². The fourth-order valence-electron chi connectivity index (χ4n) is 2.21. The van der Waals surface area contributed by atoms with Gasteiger partial charge in [0, 0.05) is 39.9 Å². The highest BCUT2D eigenvalue weighted by Gasteiger charge is 2.15. The fourth-order valence-corrected chi connectivity index (χ4v) is 4.23. The number of hydrogen-bond acceptors (Lipinski definition) is 3. The molecule has 0 saturated heterocycles. The number of halogens is 2. The molecule has 0 fully saturated rings. The normalized spacial score (nSPS) is 12.5. The maximum atomic E-state index is 5.10. The van der Waals surface area contributed by atoms with Gasteiger partial charge in [-0.3, -0.25) is 0 Å². The Labute approximate surface area is 147 Å². The summed E-state index contributed by atoms with van der Waals surface area (Å²) < 4.78 is 7.44. The van der Waals surface area contributed by atoms with Gasteiger partial charge in [0.05, 0.1) is 6.61 Å². The van der Waals surface area contributed by atoms with Gasteiger partial charge in [-0.15, -0.1) is 11.3 Å². The van der Waals surface area contributed by atoms with Crippen LogP contribution in [0.3, 0.4) is 0 Å². The lowest BCUT2D eigenvalue weighted by Crippen LogP contribution is -2.26. The van der Waals surface area contributed by atoms with Crippen molar-refractivity contribution in [3.8, 4) is 0 Å². The molecule has 2 nitrogen and oxygen atoms in total. The summed E-state index contributed by atoms with van der Waals surface area (Å²) in [5.41, 5.74) is 1.36. The van der Waals surface area contributed by atoms with Crippen LogP contribution in [0, 0.1) is 0 Å². The molecule has 5 heteroatoms. The molecule has 0 bridgehead atoms. The molecule has 0 radical (unpaired) electrons. The van der Waals surface area contributed by atoms with Gasteiger partial charge in [0.15, 0.2) is 0 Å². The van der Waals surface area contributed by atoms with E-state index >= 15 is 0 Å². The number of nitrogens with one attached hydrogen (secondary N) is 1. The highest BCUT2D eigenvalue weighted by atomic mass is 79.9. The summed E-state index contributed by atoms with van der Waals surface area (Å²) in [6.07, 6.45) is 1.04. The second-order valence-electron chi connectivity index (χ2n) is 4.84. The van der Waals surface area contributed by atoms with Crippen LogP contribution in [0.2, 0.25) is 0 Å². The third kappa shape index (κ3) is 5.49. The van der Waals surface area contributed by atoms with Gasteiger partial charge in [0.25, 0.3) is 0 Å². The molecule has 2 aromatic rings. The Morgan fingerprint density at radius 3 is 2.81 bits per heavy atom. The molecule has 0 aliphatic carbocycles. The molecule has 1 heterocycles. The zero-order chi connectivity index (χ0) is 15.1. The maximum Gasteiger partial charge on any atom is 0.0587 e. The van der Waals surface area contributed by atoms with E-state index in [9.17, 15) is 0 Å². The van der Waals surface area contributed by atoms with Crippen LogP contribution >= 0.6 is 43.2 Å². The van der Waals surface area contributed by atoms with E-state index in [0.29, 0.717) is 5.92 Å². The van der Waals surface area contributed by atoms with E-state index in [2.05, 4.69) is 72.9 Å². The Bertz CT molecular complexity index is 559. The van der Waals surface area contributed by atoms with Crippen molar-refractivity contribution in [2.75, 3.05) is 26.8 Å². The van der Waals surface area contributed by atoms with Gasteiger partial charge in [-0.05, 0) is 51.5 Å². The Kier molecular flexibility index (Phi) is 7.40. The Hall–Kier alpha value is -0.200. The molecule has 1 unspecified atom stereocenters. The molecule has 114 valence electrons. The predicted octanol–water partition coefficient (Wildman–Crippen LogP) is 4.84. The fraction of sp³-hybridized carbons (Fsp3) is 0.375. The largest absolute Gasteiger partial charge is 0.383 e. The summed E-state index contributed by atoms with van der Waals surface area (Å²) in [7, 11) is 1.73. The average Bonchev–Trinajstić information content (AvgIpc) is 2.87. The molecule has 1 N–H and O–H groups in total. The molecule has 2 rings (SSSR count). The summed E-state index contributed by atoms with van der Waals surface area (Å²) >= 11 is 9.01. The molecule has 21 heavy (non-hydrogen) atoms. The van der Waals surface area contributed by atoms with Crippen LogP contribution in [-0.4, -0.2) is 26.8 Å². The van der Waals surface area contributed by atoms with Crippen molar-refractivity contribution in [2.45, 2.75) is 12.3 Å². The van der Waals surface area contributed by atoms with Gasteiger partial charge in [0.1, 0.15) is 0 Å². The van der Waals surface area contributed by atoms with Crippen molar-refractivity contribution in [3.05, 3.63) is 55.1 Å². The Balaban J connectivity index is 2.08. The van der Waals surface area contributed by atoms with E-state index in [0.717, 1.165) is 30.6 Å². The third-order valence-electron chi connectivity index (χ3n) is 3.32. The molecule has 1 aromatic heterocycles. The molecular weight excluding hydrogens is 414 g/mol. The zero-order valence-electron chi connectivity index (χ0n) is 11.9. The van der Waals surface area contributed by atoms with E-state index < -0.39 is 0 Å². The first-order chi connectivity index (χ1) is 10.2. The van der Waals surface area contributed by atoms with Crippen LogP contribution in [0.4, 0.5) is 0 Å². The molecular formula is C16H19Br2NOS. The predicted molar refractivity (Wildman–Crippen MR) is 97.4 cm³/mol. The quantitative estimate of drug-likeness (QED) is 0.602. The second-order valence-corrected chi connectivity index (χ2v) is 7.62. The number of hydrogen-bond donors (Lipinski definition) is 1. The van der Waals surface area contributed by atoms with Crippen LogP contribution in [-0.2, 0) is 11.2 Å². The van der Waals surface area contributed by atoms with Crippen molar-refractivity contribution >= 4 is 43.2 Å². The standard InChI is InChI=1S/C16H19Br2NOS/c1-20-7-6-19-11-13(10-16-15(18)5-8-21-16)12-3-2-4-14(17)9-12/h2-5,8-9,13,19H,6-7,10-11H2,1H3. The lowest BCUT2D eigenvalue weighted by atomic mass is 9.95. The highest BCUT2D eigenvalue weighted by molar-refractivity contribution is 9.10. The van der Waals surface area contributed by atoms with Gasteiger partial charge in [-0.2, -0.15) is 0 Å². The highest BCUT2D eigenvalue weighted by Crippen LogP contribution is 2.30. The lowest BCUT2D eigenvalue weighted by Gasteiger charge is -2.18. The maximum absolute atomic E-state index is 5.10. The summed E-state index contributed by atoms with van der Waals surface area (Å²) in [5, 5.41) is 5.62. The van der Waals surface area contributed by atoms with E-state index in [-0.39, 0.29) is 0 Å². The minimum absolute atomic E-state index is 0.453. The average molecular weight is 433 g/mol. The number of rotatable bonds is 8. The van der Waals surface area contributed by atoms with Crippen molar-refractivity contribution in [3.63, 3.8) is 0 Å². The summed E-state index contributed by atoms with van der Waals surface area (Å²) in [4.78, 5) is 1.40. The van der Waals surface area contributed by atoms with Crippen LogP contribution in [0.5, 0.6) is 0 Å². The smallest absolute Gasteiger partial charge is 0.0587 e. The number of benzene rings is 1. The van der Waals surface area contributed by atoms with Crippen LogP contribution in [0.15, 0.2) is 44.7 Å². The first-order valence-corrected chi connectivity index (χ1v) is 9.34. The first kappa shape index (κ1) is 17.2. The number of methoxy groups -OCH3 is 1. The van der Waals surface area contributed by atoms with Crippen LogP contribution in [0.25, 0.3) is 0 Å². The Morgan fingerprint density at radius 1 is 1.29 bits per heavy atom. The second kappa shape index (κ2) is 9.06. The van der Waals surface area contributed by atoms with Gasteiger partial charge in [0.2, 0.25) is 0 Å². The number of thiophene rings is 1. The van der Waals surface area contributed by atoms with Crippen LogP contribution < -0.4 is 5.32 Å². The third-order valence-corrected chi connectivity index (χ3v) is 5.76. The molecule has 0 saturated carbocycles. The SMILES string of the molecule is COCCNCC(Cc1sccc1Br)c1cccc(Br)c1. The first-order valence-electron chi connectivity index (χ1n) is 6.87. The molecule has 1 aromatic carbocycles. The molecule has 1 atom stereocenters. The summed E-state index contributed by atoms with van der Waals surface area (Å²) in [6.45, 7) is 2.57. The van der Waals surface area contributed by atoms with Crippen LogP contribution in [0.1, 0.15) is 16.4 Å².